The van der Waals surface area contributed by atoms with Crippen molar-refractivity contribution in [2.75, 3.05) is 0 Å². The summed E-state index contributed by atoms with van der Waals surface area (Å²) in [6, 6.07) is 0.0624. The summed E-state index contributed by atoms with van der Waals surface area (Å²) < 4.78 is 5.27. The van der Waals surface area contributed by atoms with Crippen LogP contribution in [-0.4, -0.2) is 28.5 Å². The minimum absolute atomic E-state index is 0.0394. The number of allylic oxidation sites excluding steroid dienone is 1. The van der Waals surface area contributed by atoms with Gasteiger partial charge in [0.2, 0.25) is 5.91 Å². The third-order valence-corrected chi connectivity index (χ3v) is 3.83. The van der Waals surface area contributed by atoms with E-state index >= 15 is 0 Å². The quantitative estimate of drug-likeness (QED) is 0.476. The lowest BCUT2D eigenvalue weighted by atomic mass is 9.80. The molecule has 92 valence electrons. The zero-order valence-electron chi connectivity index (χ0n) is 10.3. The van der Waals surface area contributed by atoms with Gasteiger partial charge in [-0.3, -0.25) is 4.79 Å². The number of ether oxygens (including phenoxy) is 1. The molecule has 4 nitrogen and oxygen atoms in total. The number of fused-ring (bicyclic) bond motifs is 5. The van der Waals surface area contributed by atoms with Crippen LogP contribution in [-0.2, 0) is 9.53 Å². The second-order valence-corrected chi connectivity index (χ2v) is 6.15. The molecule has 4 atom stereocenters. The minimum Gasteiger partial charge on any atom is -0.443 e. The lowest BCUT2D eigenvalue weighted by Crippen LogP contribution is -2.65. The van der Waals surface area contributed by atoms with Crippen LogP contribution in [0, 0.1) is 17.8 Å². The van der Waals surface area contributed by atoms with Crippen LogP contribution in [0.2, 0.25) is 0 Å². The van der Waals surface area contributed by atoms with Crippen LogP contribution in [0.5, 0.6) is 0 Å². The van der Waals surface area contributed by atoms with Crippen molar-refractivity contribution in [3.05, 3.63) is 12.2 Å². The Balaban J connectivity index is 1.76. The number of hydrogen-bond acceptors (Lipinski definition) is 3. The molecule has 0 N–H and O–H groups in total. The van der Waals surface area contributed by atoms with Crippen molar-refractivity contribution in [3.63, 3.8) is 0 Å². The molecule has 0 aromatic carbocycles. The van der Waals surface area contributed by atoms with Gasteiger partial charge in [-0.1, -0.05) is 12.2 Å². The van der Waals surface area contributed by atoms with Gasteiger partial charge in [0.15, 0.2) is 0 Å². The first kappa shape index (κ1) is 10.8. The average molecular weight is 235 g/mol. The van der Waals surface area contributed by atoms with Gasteiger partial charge in [0.1, 0.15) is 5.60 Å². The highest BCUT2D eigenvalue weighted by Crippen LogP contribution is 2.52. The van der Waals surface area contributed by atoms with Crippen LogP contribution in [0.3, 0.4) is 0 Å². The van der Waals surface area contributed by atoms with E-state index in [1.165, 1.54) is 4.90 Å². The molecule has 2 aliphatic carbocycles. The highest BCUT2D eigenvalue weighted by molar-refractivity contribution is 6.00. The number of hydrogen-bond donors (Lipinski definition) is 0. The first-order valence-corrected chi connectivity index (χ1v) is 6.13. The molecule has 4 heteroatoms. The molecule has 1 saturated carbocycles. The van der Waals surface area contributed by atoms with E-state index in [4.69, 9.17) is 4.74 Å². The van der Waals surface area contributed by atoms with Crippen LogP contribution in [0.1, 0.15) is 27.2 Å². The molecule has 2 fully saturated rings. The number of likely N-dealkylation sites (tertiary alicyclic amines) is 1. The highest BCUT2D eigenvalue weighted by Gasteiger charge is 2.62. The summed E-state index contributed by atoms with van der Waals surface area (Å²) in [5.74, 6) is 0.699. The van der Waals surface area contributed by atoms with Crippen molar-refractivity contribution < 1.29 is 14.3 Å². The van der Waals surface area contributed by atoms with Crippen LogP contribution in [0.15, 0.2) is 12.2 Å². The SMILES string of the molecule is CC(C)(C)OC(=O)N1C(=O)[C@@H]2[C@H]1[C@H]1C=C[C@H]2C1. The van der Waals surface area contributed by atoms with E-state index in [0.29, 0.717) is 11.8 Å². The van der Waals surface area contributed by atoms with E-state index in [1.807, 2.05) is 20.8 Å². The van der Waals surface area contributed by atoms with Gasteiger partial charge in [-0.25, -0.2) is 9.69 Å². The normalized spacial score (nSPS) is 38.1. The number of rotatable bonds is 0. The molecule has 3 aliphatic rings. The van der Waals surface area contributed by atoms with Gasteiger partial charge in [0, 0.05) is 0 Å². The Hall–Kier alpha value is -1.32. The molecule has 1 saturated heterocycles. The lowest BCUT2D eigenvalue weighted by Gasteiger charge is -2.46. The van der Waals surface area contributed by atoms with Crippen molar-refractivity contribution in [1.82, 2.24) is 4.90 Å². The highest BCUT2D eigenvalue weighted by atomic mass is 16.6. The van der Waals surface area contributed by atoms with E-state index in [2.05, 4.69) is 12.2 Å². The van der Waals surface area contributed by atoms with Gasteiger partial charge >= 0.3 is 6.09 Å². The Morgan fingerprint density at radius 3 is 2.65 bits per heavy atom. The number of amides is 2. The monoisotopic (exact) mass is 235 g/mol. The predicted octanol–water partition coefficient (Wildman–Crippen LogP) is 1.95. The summed E-state index contributed by atoms with van der Waals surface area (Å²) in [5.41, 5.74) is -0.546. The lowest BCUT2D eigenvalue weighted by molar-refractivity contribution is -0.154. The third kappa shape index (κ3) is 1.43. The summed E-state index contributed by atoms with van der Waals surface area (Å²) in [6.07, 6.45) is 4.79. The molecule has 2 amide bonds. The molecule has 0 aromatic heterocycles. The van der Waals surface area contributed by atoms with Crippen molar-refractivity contribution in [3.8, 4) is 0 Å². The van der Waals surface area contributed by atoms with Crippen molar-refractivity contribution >= 4 is 12.0 Å². The fraction of sp³-hybridized carbons (Fsp3) is 0.692. The number of carbonyl (C=O) groups is 2. The van der Waals surface area contributed by atoms with E-state index < -0.39 is 11.7 Å². The largest absolute Gasteiger partial charge is 0.443 e. The first-order chi connectivity index (χ1) is 7.88. The Labute approximate surface area is 101 Å². The Morgan fingerprint density at radius 1 is 1.35 bits per heavy atom. The van der Waals surface area contributed by atoms with Gasteiger partial charge < -0.3 is 4.74 Å². The van der Waals surface area contributed by atoms with Crippen LogP contribution < -0.4 is 0 Å². The molecular weight excluding hydrogens is 218 g/mol. The van der Waals surface area contributed by atoms with Crippen LogP contribution in [0.4, 0.5) is 4.79 Å². The standard InChI is InChI=1S/C13H17NO3/c1-13(2,3)17-12(16)14-10-8-5-4-7(6-8)9(10)11(14)15/h4-5,7-10H,6H2,1-3H3/t7-,8-,9-,10+/m0/s1. The van der Waals surface area contributed by atoms with Gasteiger partial charge in [-0.15, -0.1) is 0 Å². The fourth-order valence-electron chi connectivity index (χ4n) is 3.23. The van der Waals surface area contributed by atoms with Crippen molar-refractivity contribution in [1.29, 1.82) is 0 Å². The second kappa shape index (κ2) is 3.12. The molecule has 3 rings (SSSR count). The van der Waals surface area contributed by atoms with Crippen LogP contribution in [0.25, 0.3) is 0 Å². The summed E-state index contributed by atoms with van der Waals surface area (Å²) >= 11 is 0. The summed E-state index contributed by atoms with van der Waals surface area (Å²) in [4.78, 5) is 25.2. The predicted molar refractivity (Wildman–Crippen MR) is 61.1 cm³/mol. The Morgan fingerprint density at radius 2 is 2.00 bits per heavy atom. The smallest absolute Gasteiger partial charge is 0.417 e. The van der Waals surface area contributed by atoms with Gasteiger partial charge in [-0.2, -0.15) is 0 Å². The summed E-state index contributed by atoms with van der Waals surface area (Å²) in [6.45, 7) is 5.44. The maximum Gasteiger partial charge on any atom is 0.417 e. The van der Waals surface area contributed by atoms with E-state index in [9.17, 15) is 9.59 Å². The van der Waals surface area contributed by atoms with Gasteiger partial charge in [-0.05, 0) is 39.0 Å². The molecule has 17 heavy (non-hydrogen) atoms. The van der Waals surface area contributed by atoms with Crippen LogP contribution >= 0.6 is 0 Å². The average Bonchev–Trinajstić information content (AvgIpc) is 2.70. The molecule has 0 unspecified atom stereocenters. The minimum atomic E-state index is -0.546. The molecule has 0 radical (unpaired) electrons. The van der Waals surface area contributed by atoms with Gasteiger partial charge in [0.25, 0.3) is 0 Å². The van der Waals surface area contributed by atoms with Crippen molar-refractivity contribution in [2.24, 2.45) is 17.8 Å². The number of carbonyl (C=O) groups excluding carboxylic acids is 2. The molecule has 1 heterocycles. The number of nitrogens with zero attached hydrogens (tertiary/aromatic N) is 1. The van der Waals surface area contributed by atoms with Gasteiger partial charge in [0.05, 0.1) is 12.0 Å². The molecule has 0 spiro atoms. The molecule has 2 bridgehead atoms. The number of imide groups is 1. The maximum absolute atomic E-state index is 12.0. The zero-order chi connectivity index (χ0) is 12.4. The summed E-state index contributed by atoms with van der Waals surface area (Å²) in [5, 5.41) is 0. The molecular formula is C13H17NO3. The van der Waals surface area contributed by atoms with E-state index in [0.717, 1.165) is 6.42 Å². The Bertz CT molecular complexity index is 421. The fourth-order valence-corrected chi connectivity index (χ4v) is 3.23. The molecule has 0 aromatic rings. The third-order valence-electron chi connectivity index (χ3n) is 3.83. The molecule has 1 aliphatic heterocycles. The van der Waals surface area contributed by atoms with E-state index in [1.54, 1.807) is 0 Å². The van der Waals surface area contributed by atoms with Crippen molar-refractivity contribution in [2.45, 2.75) is 38.8 Å². The number of β-lactam (4-membered cyclic amide) rings is 1. The van der Waals surface area contributed by atoms with E-state index in [-0.39, 0.29) is 17.9 Å². The first-order valence-electron chi connectivity index (χ1n) is 6.13. The zero-order valence-corrected chi connectivity index (χ0v) is 10.3. The summed E-state index contributed by atoms with van der Waals surface area (Å²) in [7, 11) is 0. The second-order valence-electron chi connectivity index (χ2n) is 6.15. The Kier molecular flexibility index (Phi) is 1.98. The topological polar surface area (TPSA) is 46.6 Å². The maximum atomic E-state index is 12.0.